The van der Waals surface area contributed by atoms with Crippen LogP contribution in [0.4, 0.5) is 17.2 Å². The summed E-state index contributed by atoms with van der Waals surface area (Å²) in [5, 5.41) is 12.6. The van der Waals surface area contributed by atoms with Gasteiger partial charge in [0.15, 0.2) is 16.0 Å². The van der Waals surface area contributed by atoms with Crippen molar-refractivity contribution >= 4 is 75.1 Å². The van der Waals surface area contributed by atoms with Crippen LogP contribution in [0.25, 0.3) is 0 Å². The molecular weight excluding hydrogens is 421 g/mol. The molecule has 3 rings (SSSR count). The van der Waals surface area contributed by atoms with E-state index < -0.39 is 0 Å². The zero-order chi connectivity index (χ0) is 19.4. The van der Waals surface area contributed by atoms with Gasteiger partial charge in [-0.15, -0.1) is 5.10 Å². The van der Waals surface area contributed by atoms with Crippen molar-refractivity contribution in [1.82, 2.24) is 9.78 Å². The lowest BCUT2D eigenvalue weighted by atomic mass is 10.3. The fourth-order valence-corrected chi connectivity index (χ4v) is 2.99. The Morgan fingerprint density at radius 1 is 0.926 bits per heavy atom. The molecule has 1 heterocycles. The van der Waals surface area contributed by atoms with Crippen LogP contribution in [0.15, 0.2) is 60.8 Å². The van der Waals surface area contributed by atoms with E-state index in [0.29, 0.717) is 31.8 Å². The van der Waals surface area contributed by atoms with E-state index in [1.165, 1.54) is 0 Å². The van der Waals surface area contributed by atoms with E-state index in [4.69, 9.17) is 47.6 Å². The zero-order valence-electron chi connectivity index (χ0n) is 14.2. The third-order valence-corrected chi connectivity index (χ3v) is 4.99. The van der Waals surface area contributed by atoms with Crippen molar-refractivity contribution in [2.45, 2.75) is 0 Å². The molecule has 9 heteroatoms. The van der Waals surface area contributed by atoms with E-state index in [-0.39, 0.29) is 0 Å². The van der Waals surface area contributed by atoms with Crippen LogP contribution in [0.3, 0.4) is 0 Å². The summed E-state index contributed by atoms with van der Waals surface area (Å²) in [6, 6.07) is 16.5. The summed E-state index contributed by atoms with van der Waals surface area (Å²) < 4.78 is 1.54. The summed E-state index contributed by atoms with van der Waals surface area (Å²) in [7, 11) is 1.81. The van der Waals surface area contributed by atoms with Crippen molar-refractivity contribution < 1.29 is 0 Å². The Balaban J connectivity index is 1.69. The predicted molar refractivity (Wildman–Crippen MR) is 121 cm³/mol. The van der Waals surface area contributed by atoms with Crippen LogP contribution < -0.4 is 15.5 Å². The van der Waals surface area contributed by atoms with Gasteiger partial charge in [0.05, 0.1) is 21.4 Å². The number of thiocarbonyl (C=S) groups is 2. The molecule has 0 fully saturated rings. The Bertz CT molecular complexity index is 989. The average Bonchev–Trinajstić information content (AvgIpc) is 3.15. The molecule has 0 atom stereocenters. The van der Waals surface area contributed by atoms with Crippen LogP contribution in [0, 0.1) is 0 Å². The van der Waals surface area contributed by atoms with Gasteiger partial charge in [0.1, 0.15) is 0 Å². The first-order valence-corrected chi connectivity index (χ1v) is 9.44. The minimum absolute atomic E-state index is 0.396. The molecule has 2 aromatic carbocycles. The van der Waals surface area contributed by atoms with Gasteiger partial charge in [-0.2, -0.15) is 0 Å². The standard InChI is InChI=1S/C18H15Cl2N5S2/c1-24(17(26)21-14-8-4-2-6-12(14)19)16-10-11-25(23-16)18(27)22-15-9-5-3-7-13(15)20/h2-11H,1H3,(H,21,26)(H,22,27). The summed E-state index contributed by atoms with van der Waals surface area (Å²) >= 11 is 23.1. The van der Waals surface area contributed by atoms with Crippen LogP contribution in [0.2, 0.25) is 10.0 Å². The van der Waals surface area contributed by atoms with Crippen molar-refractivity contribution in [1.29, 1.82) is 0 Å². The molecule has 0 bridgehead atoms. The number of benzene rings is 2. The van der Waals surface area contributed by atoms with Crippen molar-refractivity contribution in [2.24, 2.45) is 0 Å². The number of hydrogen-bond acceptors (Lipinski definition) is 3. The fraction of sp³-hybridized carbons (Fsp3) is 0.0556. The van der Waals surface area contributed by atoms with Gasteiger partial charge in [-0.3, -0.25) is 0 Å². The van der Waals surface area contributed by atoms with Crippen LogP contribution in [0.1, 0.15) is 0 Å². The third kappa shape index (κ3) is 4.75. The number of rotatable bonds is 3. The van der Waals surface area contributed by atoms with Gasteiger partial charge in [0.2, 0.25) is 0 Å². The molecule has 3 aromatic rings. The summed E-state index contributed by atoms with van der Waals surface area (Å²) in [6.45, 7) is 0. The summed E-state index contributed by atoms with van der Waals surface area (Å²) in [6.07, 6.45) is 1.75. The van der Waals surface area contributed by atoms with Gasteiger partial charge >= 0.3 is 0 Å². The lowest BCUT2D eigenvalue weighted by Crippen LogP contribution is -2.31. The molecular formula is C18H15Cl2N5S2. The SMILES string of the molecule is CN(C(=S)Nc1ccccc1Cl)c1ccn(C(=S)Nc2ccccc2Cl)n1. The monoisotopic (exact) mass is 435 g/mol. The van der Waals surface area contributed by atoms with Gasteiger partial charge in [0.25, 0.3) is 0 Å². The molecule has 2 N–H and O–H groups in total. The Morgan fingerprint density at radius 2 is 1.48 bits per heavy atom. The second-order valence-corrected chi connectivity index (χ2v) is 7.09. The second kappa shape index (κ2) is 8.67. The Labute approximate surface area is 177 Å². The summed E-state index contributed by atoms with van der Waals surface area (Å²) in [5.74, 6) is 0.628. The molecule has 0 aliphatic rings. The number of halogens is 2. The molecule has 0 radical (unpaired) electrons. The van der Waals surface area contributed by atoms with Crippen LogP contribution in [-0.4, -0.2) is 27.1 Å². The van der Waals surface area contributed by atoms with Gasteiger partial charge in [-0.25, -0.2) is 4.68 Å². The first-order chi connectivity index (χ1) is 13.0. The van der Waals surface area contributed by atoms with Gasteiger partial charge < -0.3 is 15.5 Å². The molecule has 1 aromatic heterocycles. The highest BCUT2D eigenvalue weighted by Gasteiger charge is 2.13. The molecule has 0 amide bonds. The van der Waals surface area contributed by atoms with E-state index in [2.05, 4.69) is 15.7 Å². The van der Waals surface area contributed by atoms with E-state index in [1.807, 2.05) is 43.4 Å². The van der Waals surface area contributed by atoms with Crippen LogP contribution in [0.5, 0.6) is 0 Å². The maximum atomic E-state index is 6.16. The first-order valence-electron chi connectivity index (χ1n) is 7.86. The number of nitrogens with zero attached hydrogens (tertiary/aromatic N) is 3. The second-order valence-electron chi connectivity index (χ2n) is 5.50. The third-order valence-electron chi connectivity index (χ3n) is 3.66. The largest absolute Gasteiger partial charge is 0.331 e. The molecule has 0 saturated carbocycles. The molecule has 0 aliphatic heterocycles. The van der Waals surface area contributed by atoms with E-state index in [9.17, 15) is 0 Å². The molecule has 5 nitrogen and oxygen atoms in total. The van der Waals surface area contributed by atoms with E-state index in [0.717, 1.165) is 5.69 Å². The molecule has 27 heavy (non-hydrogen) atoms. The normalized spacial score (nSPS) is 10.3. The number of nitrogens with one attached hydrogen (secondary N) is 2. The van der Waals surface area contributed by atoms with Gasteiger partial charge in [0, 0.05) is 19.3 Å². The Hall–Kier alpha value is -2.19. The predicted octanol–water partition coefficient (Wildman–Crippen LogP) is 5.27. The highest BCUT2D eigenvalue weighted by molar-refractivity contribution is 7.81. The Morgan fingerprint density at radius 3 is 2.07 bits per heavy atom. The summed E-state index contributed by atoms with van der Waals surface area (Å²) in [5.41, 5.74) is 1.44. The number of aromatic nitrogens is 2. The van der Waals surface area contributed by atoms with Crippen molar-refractivity contribution in [3.63, 3.8) is 0 Å². The van der Waals surface area contributed by atoms with E-state index in [1.54, 1.807) is 34.0 Å². The lowest BCUT2D eigenvalue weighted by molar-refractivity contribution is 0.937. The van der Waals surface area contributed by atoms with Crippen LogP contribution in [-0.2, 0) is 0 Å². The molecule has 0 spiro atoms. The van der Waals surface area contributed by atoms with Crippen molar-refractivity contribution in [3.8, 4) is 0 Å². The smallest absolute Gasteiger partial charge is 0.198 e. The number of hydrogen-bond donors (Lipinski definition) is 2. The molecule has 0 saturated heterocycles. The topological polar surface area (TPSA) is 45.1 Å². The minimum Gasteiger partial charge on any atom is -0.331 e. The maximum absolute atomic E-state index is 6.16. The fourth-order valence-electron chi connectivity index (χ4n) is 2.21. The Kier molecular flexibility index (Phi) is 6.28. The zero-order valence-corrected chi connectivity index (χ0v) is 17.3. The van der Waals surface area contributed by atoms with Gasteiger partial charge in [-0.1, -0.05) is 47.5 Å². The van der Waals surface area contributed by atoms with E-state index >= 15 is 0 Å². The lowest BCUT2D eigenvalue weighted by Gasteiger charge is -2.19. The molecule has 0 aliphatic carbocycles. The number of anilines is 3. The highest BCUT2D eigenvalue weighted by Crippen LogP contribution is 2.22. The number of para-hydroxylation sites is 2. The minimum atomic E-state index is 0.396. The maximum Gasteiger partial charge on any atom is 0.198 e. The van der Waals surface area contributed by atoms with Gasteiger partial charge in [-0.05, 0) is 48.7 Å². The summed E-state index contributed by atoms with van der Waals surface area (Å²) in [4.78, 5) is 1.73. The van der Waals surface area contributed by atoms with Crippen LogP contribution >= 0.6 is 47.6 Å². The quantitative estimate of drug-likeness (QED) is 0.546. The highest BCUT2D eigenvalue weighted by atomic mass is 35.5. The molecule has 138 valence electrons. The average molecular weight is 436 g/mol. The van der Waals surface area contributed by atoms with Crippen molar-refractivity contribution in [2.75, 3.05) is 22.6 Å². The molecule has 0 unspecified atom stereocenters. The first kappa shape index (κ1) is 19.6. The van der Waals surface area contributed by atoms with Crippen molar-refractivity contribution in [3.05, 3.63) is 70.8 Å².